The molecule has 1 aliphatic heterocycles. The van der Waals surface area contributed by atoms with E-state index in [0.717, 1.165) is 37.2 Å². The second-order valence-electron chi connectivity index (χ2n) is 5.78. The Labute approximate surface area is 141 Å². The lowest BCUT2D eigenvalue weighted by atomic mass is 10.1. The highest BCUT2D eigenvalue weighted by molar-refractivity contribution is 7.09. The summed E-state index contributed by atoms with van der Waals surface area (Å²) >= 11 is 1.60. The molecule has 1 saturated heterocycles. The van der Waals surface area contributed by atoms with Crippen molar-refractivity contribution >= 4 is 17.2 Å². The first-order valence-corrected chi connectivity index (χ1v) is 9.03. The summed E-state index contributed by atoms with van der Waals surface area (Å²) in [4.78, 5) is 18.9. The highest BCUT2D eigenvalue weighted by atomic mass is 32.1. The summed E-state index contributed by atoms with van der Waals surface area (Å²) in [6, 6.07) is 10.4. The Hall–Kier alpha value is -1.72. The van der Waals surface area contributed by atoms with E-state index < -0.39 is 0 Å². The zero-order chi connectivity index (χ0) is 15.9. The van der Waals surface area contributed by atoms with E-state index in [4.69, 9.17) is 4.74 Å². The van der Waals surface area contributed by atoms with Crippen molar-refractivity contribution in [2.45, 2.75) is 38.3 Å². The molecule has 1 aromatic heterocycles. The molecule has 0 aliphatic carbocycles. The maximum atomic E-state index is 12.7. The smallest absolute Gasteiger partial charge is 0.252 e. The Balaban J connectivity index is 1.58. The van der Waals surface area contributed by atoms with Gasteiger partial charge in [0.05, 0.1) is 6.54 Å². The fourth-order valence-corrected chi connectivity index (χ4v) is 3.49. The number of benzene rings is 1. The molecule has 0 radical (unpaired) electrons. The lowest BCUT2D eigenvalue weighted by molar-refractivity contribution is -0.141. The Morgan fingerprint density at radius 1 is 1.35 bits per heavy atom. The number of carbonyl (C=O) groups is 1. The maximum Gasteiger partial charge on any atom is 0.252 e. The average Bonchev–Trinajstić information content (AvgIpc) is 3.28. The quantitative estimate of drug-likeness (QED) is 0.782. The molecule has 0 unspecified atom stereocenters. The summed E-state index contributed by atoms with van der Waals surface area (Å²) in [5.74, 6) is 0.116. The summed E-state index contributed by atoms with van der Waals surface area (Å²) in [6.07, 6.45) is 5.28. The molecule has 2 heterocycles. The first-order valence-electron chi connectivity index (χ1n) is 8.15. The van der Waals surface area contributed by atoms with E-state index in [-0.39, 0.29) is 12.0 Å². The van der Waals surface area contributed by atoms with Gasteiger partial charge in [0.15, 0.2) is 0 Å². The number of thiazole rings is 1. The van der Waals surface area contributed by atoms with Gasteiger partial charge in [-0.2, -0.15) is 0 Å². The first-order chi connectivity index (χ1) is 11.3. The van der Waals surface area contributed by atoms with Crippen molar-refractivity contribution in [1.29, 1.82) is 0 Å². The second kappa shape index (κ2) is 8.22. The van der Waals surface area contributed by atoms with Crippen LogP contribution in [-0.2, 0) is 22.5 Å². The molecule has 122 valence electrons. The van der Waals surface area contributed by atoms with Crippen LogP contribution in [0.3, 0.4) is 0 Å². The molecule has 3 rings (SSSR count). The predicted molar refractivity (Wildman–Crippen MR) is 91.3 cm³/mol. The SMILES string of the molecule is O=C([C@H]1CCCO1)N(CCCc1ccccc1)Cc1nccs1. The van der Waals surface area contributed by atoms with E-state index in [1.165, 1.54) is 5.56 Å². The third kappa shape index (κ3) is 4.62. The minimum Gasteiger partial charge on any atom is -0.368 e. The molecule has 1 fully saturated rings. The molecule has 2 aromatic rings. The van der Waals surface area contributed by atoms with E-state index in [9.17, 15) is 4.79 Å². The Morgan fingerprint density at radius 3 is 2.91 bits per heavy atom. The van der Waals surface area contributed by atoms with Gasteiger partial charge < -0.3 is 9.64 Å². The highest BCUT2D eigenvalue weighted by Crippen LogP contribution is 2.18. The normalized spacial score (nSPS) is 17.3. The van der Waals surface area contributed by atoms with Crippen LogP contribution in [0.15, 0.2) is 41.9 Å². The van der Waals surface area contributed by atoms with E-state index in [1.807, 2.05) is 16.3 Å². The lowest BCUT2D eigenvalue weighted by Gasteiger charge is -2.24. The van der Waals surface area contributed by atoms with Crippen molar-refractivity contribution in [2.75, 3.05) is 13.2 Å². The third-order valence-corrected chi connectivity index (χ3v) is 4.83. The first kappa shape index (κ1) is 16.1. The monoisotopic (exact) mass is 330 g/mol. The van der Waals surface area contributed by atoms with Gasteiger partial charge in [0.1, 0.15) is 11.1 Å². The van der Waals surface area contributed by atoms with Crippen molar-refractivity contribution in [1.82, 2.24) is 9.88 Å². The fraction of sp³-hybridized carbons (Fsp3) is 0.444. The van der Waals surface area contributed by atoms with Gasteiger partial charge in [-0.15, -0.1) is 11.3 Å². The van der Waals surface area contributed by atoms with Crippen molar-refractivity contribution in [3.05, 3.63) is 52.5 Å². The van der Waals surface area contributed by atoms with Gasteiger partial charge in [-0.25, -0.2) is 4.98 Å². The molecular formula is C18H22N2O2S. The van der Waals surface area contributed by atoms with Crippen molar-refractivity contribution in [3.8, 4) is 0 Å². The Morgan fingerprint density at radius 2 is 2.22 bits per heavy atom. The molecular weight excluding hydrogens is 308 g/mol. The van der Waals surface area contributed by atoms with Crippen LogP contribution >= 0.6 is 11.3 Å². The molecule has 0 saturated carbocycles. The summed E-state index contributed by atoms with van der Waals surface area (Å²) in [6.45, 7) is 2.03. The van der Waals surface area contributed by atoms with Gasteiger partial charge >= 0.3 is 0 Å². The van der Waals surface area contributed by atoms with Gasteiger partial charge in [0.2, 0.25) is 0 Å². The van der Waals surface area contributed by atoms with Crippen molar-refractivity contribution < 1.29 is 9.53 Å². The number of amides is 1. The number of ether oxygens (including phenoxy) is 1. The zero-order valence-corrected chi connectivity index (χ0v) is 14.0. The van der Waals surface area contributed by atoms with Crippen LogP contribution in [-0.4, -0.2) is 35.0 Å². The lowest BCUT2D eigenvalue weighted by Crippen LogP contribution is -2.39. The number of nitrogens with zero attached hydrogens (tertiary/aromatic N) is 2. The van der Waals surface area contributed by atoms with Gasteiger partial charge in [-0.3, -0.25) is 4.79 Å². The van der Waals surface area contributed by atoms with Crippen LogP contribution in [0.5, 0.6) is 0 Å². The number of aromatic nitrogens is 1. The topological polar surface area (TPSA) is 42.4 Å². The minimum atomic E-state index is -0.258. The van der Waals surface area contributed by atoms with Gasteiger partial charge in [0.25, 0.3) is 5.91 Å². The molecule has 0 spiro atoms. The number of rotatable bonds is 7. The highest BCUT2D eigenvalue weighted by Gasteiger charge is 2.28. The molecule has 1 aromatic carbocycles. The second-order valence-corrected chi connectivity index (χ2v) is 6.76. The van der Waals surface area contributed by atoms with E-state index in [1.54, 1.807) is 17.5 Å². The largest absolute Gasteiger partial charge is 0.368 e. The van der Waals surface area contributed by atoms with Crippen LogP contribution in [0.4, 0.5) is 0 Å². The van der Waals surface area contributed by atoms with Crippen LogP contribution in [0, 0.1) is 0 Å². The third-order valence-electron chi connectivity index (χ3n) is 4.06. The van der Waals surface area contributed by atoms with Crippen LogP contribution < -0.4 is 0 Å². The van der Waals surface area contributed by atoms with E-state index >= 15 is 0 Å². The maximum absolute atomic E-state index is 12.7. The van der Waals surface area contributed by atoms with Gasteiger partial charge in [0, 0.05) is 24.7 Å². The van der Waals surface area contributed by atoms with Crippen LogP contribution in [0.1, 0.15) is 29.8 Å². The van der Waals surface area contributed by atoms with E-state index in [2.05, 4.69) is 29.2 Å². The van der Waals surface area contributed by atoms with Crippen LogP contribution in [0.25, 0.3) is 0 Å². The number of hydrogen-bond acceptors (Lipinski definition) is 4. The van der Waals surface area contributed by atoms with Crippen molar-refractivity contribution in [3.63, 3.8) is 0 Å². The summed E-state index contributed by atoms with van der Waals surface area (Å²) < 4.78 is 5.57. The molecule has 0 bridgehead atoms. The average molecular weight is 330 g/mol. The van der Waals surface area contributed by atoms with E-state index in [0.29, 0.717) is 13.2 Å². The molecule has 1 aliphatic rings. The summed E-state index contributed by atoms with van der Waals surface area (Å²) in [5.41, 5.74) is 1.31. The molecule has 1 atom stereocenters. The Bertz CT molecular complexity index is 595. The summed E-state index contributed by atoms with van der Waals surface area (Å²) in [7, 11) is 0. The molecule has 1 amide bonds. The molecule has 0 N–H and O–H groups in total. The number of hydrogen-bond donors (Lipinski definition) is 0. The predicted octanol–water partition coefficient (Wildman–Crippen LogP) is 3.28. The molecule has 5 heteroatoms. The zero-order valence-electron chi connectivity index (χ0n) is 13.2. The Kier molecular flexibility index (Phi) is 5.77. The summed E-state index contributed by atoms with van der Waals surface area (Å²) in [5, 5.41) is 2.93. The van der Waals surface area contributed by atoms with Crippen LogP contribution in [0.2, 0.25) is 0 Å². The fourth-order valence-electron chi connectivity index (χ4n) is 2.86. The molecule has 4 nitrogen and oxygen atoms in total. The number of aryl methyl sites for hydroxylation is 1. The number of carbonyl (C=O) groups excluding carboxylic acids is 1. The van der Waals surface area contributed by atoms with Gasteiger partial charge in [-0.1, -0.05) is 30.3 Å². The minimum absolute atomic E-state index is 0.116. The van der Waals surface area contributed by atoms with Crippen molar-refractivity contribution in [2.24, 2.45) is 0 Å². The standard InChI is InChI=1S/C18H22N2O2S/c21-18(16-9-5-12-22-16)20(14-17-19-10-13-23-17)11-4-8-15-6-2-1-3-7-15/h1-3,6-7,10,13,16H,4-5,8-9,11-12,14H2/t16-/m1/s1. The molecule has 23 heavy (non-hydrogen) atoms. The van der Waals surface area contributed by atoms with Gasteiger partial charge in [-0.05, 0) is 31.2 Å².